The lowest BCUT2D eigenvalue weighted by atomic mass is 9.86. The number of phenols is 2. The van der Waals surface area contributed by atoms with Crippen molar-refractivity contribution in [2.45, 2.75) is 18.8 Å². The second-order valence-corrected chi connectivity index (χ2v) is 5.45. The molecule has 2 aromatic rings. The summed E-state index contributed by atoms with van der Waals surface area (Å²) in [7, 11) is 0. The minimum atomic E-state index is 0.249. The molecule has 0 heterocycles. The minimum absolute atomic E-state index is 0.249. The molecule has 0 unspecified atom stereocenters. The third-order valence-corrected chi connectivity index (χ3v) is 3.94. The van der Waals surface area contributed by atoms with Crippen molar-refractivity contribution in [3.05, 3.63) is 83.5 Å². The van der Waals surface area contributed by atoms with Crippen LogP contribution in [0.1, 0.15) is 28.5 Å². The number of aromatic hydroxyl groups is 2. The smallest absolute Gasteiger partial charge is 0.115 e. The first-order chi connectivity index (χ1) is 10.1. The highest BCUT2D eigenvalue weighted by Gasteiger charge is 2.14. The fraction of sp³-hybridized carbons (Fsp3) is 0.158. The molecular weight excluding hydrogens is 260 g/mol. The zero-order valence-corrected chi connectivity index (χ0v) is 11.9. The number of phenolic OH excluding ortho intramolecular Hbond substituents is 2. The maximum Gasteiger partial charge on any atom is 0.115 e. The predicted molar refractivity (Wildman–Crippen MR) is 84.7 cm³/mol. The van der Waals surface area contributed by atoms with E-state index in [0.29, 0.717) is 11.5 Å². The van der Waals surface area contributed by atoms with Crippen LogP contribution in [0.15, 0.2) is 66.8 Å². The molecule has 0 atom stereocenters. The lowest BCUT2D eigenvalue weighted by molar-refractivity contribution is 0.474. The zero-order valence-electron chi connectivity index (χ0n) is 11.9. The van der Waals surface area contributed by atoms with Crippen LogP contribution in [0.4, 0.5) is 0 Å². The molecule has 0 amide bonds. The van der Waals surface area contributed by atoms with Gasteiger partial charge in [0.2, 0.25) is 0 Å². The lowest BCUT2D eigenvalue weighted by Crippen LogP contribution is -2.02. The van der Waals surface area contributed by atoms with Gasteiger partial charge >= 0.3 is 0 Å². The summed E-state index contributed by atoms with van der Waals surface area (Å²) in [6.07, 6.45) is 8.75. The molecule has 0 radical (unpaired) electrons. The molecule has 0 saturated carbocycles. The fourth-order valence-corrected chi connectivity index (χ4v) is 2.77. The van der Waals surface area contributed by atoms with Crippen LogP contribution in [0.2, 0.25) is 0 Å². The Balaban J connectivity index is 1.81. The summed E-state index contributed by atoms with van der Waals surface area (Å²) in [5.74, 6) is 1.10. The summed E-state index contributed by atoms with van der Waals surface area (Å²) in [5, 5.41) is 18.8. The molecule has 106 valence electrons. The minimum Gasteiger partial charge on any atom is -0.508 e. The van der Waals surface area contributed by atoms with Gasteiger partial charge in [0.25, 0.3) is 0 Å². The molecule has 0 spiro atoms. The van der Waals surface area contributed by atoms with Crippen LogP contribution in [-0.2, 0) is 0 Å². The first-order valence-electron chi connectivity index (χ1n) is 7.08. The molecule has 21 heavy (non-hydrogen) atoms. The summed E-state index contributed by atoms with van der Waals surface area (Å²) in [5.41, 5.74) is 3.48. The lowest BCUT2D eigenvalue weighted by Gasteiger charge is -2.19. The fourth-order valence-electron chi connectivity index (χ4n) is 2.77. The van der Waals surface area contributed by atoms with E-state index in [9.17, 15) is 10.2 Å². The van der Waals surface area contributed by atoms with Gasteiger partial charge in [0.1, 0.15) is 11.5 Å². The molecule has 1 aliphatic carbocycles. The molecule has 2 heteroatoms. The normalized spacial score (nSPS) is 20.6. The van der Waals surface area contributed by atoms with E-state index < -0.39 is 0 Å². The predicted octanol–water partition coefficient (Wildman–Crippen LogP) is 4.40. The molecule has 0 aromatic heterocycles. The average molecular weight is 278 g/mol. The zero-order chi connectivity index (χ0) is 14.8. The maximum atomic E-state index is 9.49. The Hall–Kier alpha value is -2.48. The van der Waals surface area contributed by atoms with Crippen molar-refractivity contribution in [2.75, 3.05) is 0 Å². The van der Waals surface area contributed by atoms with Crippen molar-refractivity contribution in [1.82, 2.24) is 0 Å². The van der Waals surface area contributed by atoms with E-state index in [-0.39, 0.29) is 11.8 Å². The summed E-state index contributed by atoms with van der Waals surface area (Å²) in [6, 6.07) is 12.8. The number of benzene rings is 2. The van der Waals surface area contributed by atoms with Gasteiger partial charge in [-0.1, -0.05) is 42.5 Å². The van der Waals surface area contributed by atoms with E-state index in [4.69, 9.17) is 0 Å². The molecule has 0 bridgehead atoms. The van der Waals surface area contributed by atoms with Gasteiger partial charge in [-0.25, -0.2) is 0 Å². The van der Waals surface area contributed by atoms with Gasteiger partial charge in [0, 0.05) is 11.8 Å². The Bertz CT molecular complexity index is 682. The Morgan fingerprint density at radius 3 is 1.90 bits per heavy atom. The van der Waals surface area contributed by atoms with Crippen LogP contribution in [0.3, 0.4) is 0 Å². The van der Waals surface area contributed by atoms with Crippen LogP contribution in [0.5, 0.6) is 11.5 Å². The highest BCUT2D eigenvalue weighted by molar-refractivity contribution is 5.44. The van der Waals surface area contributed by atoms with E-state index in [1.807, 2.05) is 25.1 Å². The van der Waals surface area contributed by atoms with Gasteiger partial charge in [-0.3, -0.25) is 0 Å². The molecule has 1 aliphatic rings. The quantitative estimate of drug-likeness (QED) is 0.799. The number of allylic oxidation sites excluding steroid dienone is 4. The number of rotatable bonds is 2. The number of aryl methyl sites for hydroxylation is 1. The third-order valence-electron chi connectivity index (χ3n) is 3.94. The highest BCUT2D eigenvalue weighted by atomic mass is 16.3. The Morgan fingerprint density at radius 1 is 0.714 bits per heavy atom. The van der Waals surface area contributed by atoms with Crippen molar-refractivity contribution >= 4 is 0 Å². The average Bonchev–Trinajstić information content (AvgIpc) is 2.48. The van der Waals surface area contributed by atoms with Gasteiger partial charge in [0.05, 0.1) is 0 Å². The van der Waals surface area contributed by atoms with Gasteiger partial charge < -0.3 is 10.2 Å². The van der Waals surface area contributed by atoms with Crippen LogP contribution in [0, 0.1) is 6.92 Å². The summed E-state index contributed by atoms with van der Waals surface area (Å²) in [4.78, 5) is 0. The first kappa shape index (κ1) is 13.5. The highest BCUT2D eigenvalue weighted by Crippen LogP contribution is 2.32. The molecule has 0 aliphatic heterocycles. The van der Waals surface area contributed by atoms with E-state index >= 15 is 0 Å². The SMILES string of the molecule is Cc1cc(O)ccc1C1C=CC(c2ccc(O)cc2)C=C1. The van der Waals surface area contributed by atoms with Gasteiger partial charge in [0.15, 0.2) is 0 Å². The summed E-state index contributed by atoms with van der Waals surface area (Å²) < 4.78 is 0. The van der Waals surface area contributed by atoms with E-state index in [1.54, 1.807) is 24.3 Å². The second kappa shape index (κ2) is 5.49. The Morgan fingerprint density at radius 2 is 1.29 bits per heavy atom. The second-order valence-electron chi connectivity index (χ2n) is 5.45. The first-order valence-corrected chi connectivity index (χ1v) is 7.08. The van der Waals surface area contributed by atoms with Crippen LogP contribution < -0.4 is 0 Å². The number of hydrogen-bond acceptors (Lipinski definition) is 2. The third kappa shape index (κ3) is 2.84. The largest absolute Gasteiger partial charge is 0.508 e. The molecular formula is C19H18O2. The number of hydrogen-bond donors (Lipinski definition) is 2. The van der Waals surface area contributed by atoms with Crippen molar-refractivity contribution in [1.29, 1.82) is 0 Å². The summed E-state index contributed by atoms with van der Waals surface area (Å²) >= 11 is 0. The van der Waals surface area contributed by atoms with E-state index in [1.165, 1.54) is 11.1 Å². The van der Waals surface area contributed by atoms with Gasteiger partial charge in [-0.15, -0.1) is 0 Å². The standard InChI is InChI=1S/C19H18O2/c1-13-12-18(21)10-11-19(13)16-4-2-14(3-5-16)15-6-8-17(20)9-7-15/h2-12,14,16,20-21H,1H3. The molecule has 2 nitrogen and oxygen atoms in total. The van der Waals surface area contributed by atoms with E-state index in [0.717, 1.165) is 5.56 Å². The van der Waals surface area contributed by atoms with Crippen molar-refractivity contribution in [2.24, 2.45) is 0 Å². The monoisotopic (exact) mass is 278 g/mol. The maximum absolute atomic E-state index is 9.49. The summed E-state index contributed by atoms with van der Waals surface area (Å²) in [6.45, 7) is 2.02. The molecule has 2 N–H and O–H groups in total. The van der Waals surface area contributed by atoms with Crippen LogP contribution in [0.25, 0.3) is 0 Å². The van der Waals surface area contributed by atoms with Crippen molar-refractivity contribution < 1.29 is 10.2 Å². The molecule has 3 rings (SSSR count). The van der Waals surface area contributed by atoms with Gasteiger partial charge in [-0.2, -0.15) is 0 Å². The van der Waals surface area contributed by atoms with Crippen LogP contribution in [-0.4, -0.2) is 10.2 Å². The van der Waals surface area contributed by atoms with Crippen molar-refractivity contribution in [3.8, 4) is 11.5 Å². The molecule has 0 fully saturated rings. The van der Waals surface area contributed by atoms with Gasteiger partial charge in [-0.05, 0) is 47.9 Å². The Labute approximate surface area is 124 Å². The van der Waals surface area contributed by atoms with Crippen molar-refractivity contribution in [3.63, 3.8) is 0 Å². The molecule has 0 saturated heterocycles. The Kier molecular flexibility index (Phi) is 3.53. The van der Waals surface area contributed by atoms with Crippen LogP contribution >= 0.6 is 0 Å². The van der Waals surface area contributed by atoms with E-state index in [2.05, 4.69) is 24.3 Å². The topological polar surface area (TPSA) is 40.5 Å². The molecule has 2 aromatic carbocycles.